The fraction of sp³-hybridized carbons (Fsp3) is 0.458. The molecule has 7 atom stereocenters. The number of aromatic nitrogens is 3. The Balaban J connectivity index is 1.45. The van der Waals surface area contributed by atoms with Crippen molar-refractivity contribution < 1.29 is 4.79 Å². The van der Waals surface area contributed by atoms with Gasteiger partial charge in [-0.05, 0) is 37.3 Å². The van der Waals surface area contributed by atoms with Crippen molar-refractivity contribution in [3.05, 3.63) is 59.9 Å². The number of anilines is 1. The van der Waals surface area contributed by atoms with Crippen molar-refractivity contribution in [3.63, 3.8) is 0 Å². The number of hydrogen-bond acceptors (Lipinski definition) is 6. The monoisotopic (exact) mass is 467 g/mol. The van der Waals surface area contributed by atoms with E-state index in [4.69, 9.17) is 17.3 Å². The number of carbonyl (C=O) groups excluding carboxylic acids is 1. The van der Waals surface area contributed by atoms with E-state index in [-0.39, 0.29) is 41.0 Å². The Morgan fingerprint density at radius 1 is 1.30 bits per heavy atom. The quantitative estimate of drug-likeness (QED) is 0.429. The Kier molecular flexibility index (Phi) is 5.99. The number of rotatable bonds is 5. The Labute approximate surface area is 198 Å². The van der Waals surface area contributed by atoms with E-state index in [1.165, 1.54) is 10.1 Å². The Hall–Kier alpha value is -2.68. The van der Waals surface area contributed by atoms with Crippen LogP contribution in [0.1, 0.15) is 48.5 Å². The number of nitrogens with one attached hydrogen (secondary N) is 3. The number of fused-ring (bicyclic) bond motifs is 2. The highest BCUT2D eigenvalue weighted by Gasteiger charge is 2.51. The van der Waals surface area contributed by atoms with Crippen LogP contribution in [0.25, 0.3) is 5.65 Å². The summed E-state index contributed by atoms with van der Waals surface area (Å²) in [5.41, 5.74) is 15.1. The molecule has 2 fully saturated rings. The molecule has 5 N–H and O–H groups in total. The lowest BCUT2D eigenvalue weighted by molar-refractivity contribution is 0.0899. The summed E-state index contributed by atoms with van der Waals surface area (Å²) in [4.78, 5) is 17.6. The van der Waals surface area contributed by atoms with E-state index in [0.717, 1.165) is 12.8 Å². The van der Waals surface area contributed by atoms with Gasteiger partial charge in [0, 0.05) is 47.7 Å². The first-order chi connectivity index (χ1) is 16.0. The summed E-state index contributed by atoms with van der Waals surface area (Å²) >= 11 is 6.99. The van der Waals surface area contributed by atoms with E-state index in [0.29, 0.717) is 23.2 Å². The number of hydrazine groups is 1. The van der Waals surface area contributed by atoms with Crippen molar-refractivity contribution >= 4 is 29.0 Å². The first-order valence-corrected chi connectivity index (χ1v) is 12.0. The molecule has 1 saturated carbocycles. The van der Waals surface area contributed by atoms with E-state index >= 15 is 0 Å². The van der Waals surface area contributed by atoms with Crippen molar-refractivity contribution in [3.8, 4) is 0 Å². The molecule has 1 saturated heterocycles. The minimum absolute atomic E-state index is 0.00970. The molecule has 1 amide bonds. The minimum Gasteiger partial charge on any atom is -0.381 e. The number of alkyl halides is 1. The molecule has 1 aliphatic heterocycles. The second-order valence-electron chi connectivity index (χ2n) is 9.17. The van der Waals surface area contributed by atoms with Gasteiger partial charge in [0.1, 0.15) is 5.56 Å². The molecule has 2 aliphatic rings. The molecule has 0 bridgehead atoms. The van der Waals surface area contributed by atoms with Gasteiger partial charge < -0.3 is 11.1 Å². The highest BCUT2D eigenvalue weighted by Crippen LogP contribution is 2.47. The van der Waals surface area contributed by atoms with Crippen LogP contribution >= 0.6 is 11.6 Å². The van der Waals surface area contributed by atoms with E-state index in [1.807, 2.05) is 6.07 Å². The molecule has 9 heteroatoms. The smallest absolute Gasteiger partial charge is 0.259 e. The lowest BCUT2D eigenvalue weighted by Crippen LogP contribution is -2.53. The van der Waals surface area contributed by atoms with Crippen molar-refractivity contribution in [2.24, 2.45) is 11.8 Å². The van der Waals surface area contributed by atoms with Crippen LogP contribution in [0.3, 0.4) is 0 Å². The standard InChI is InChI=1S/C24H30ClN7O/c1-3-17-19-16(25)12-15(18(21(19)30-29-17)14-8-5-4-6-9-14)13(2)28-24(33)20-22(26)31-32-11-7-10-27-23(20)32/h4-11,13,15-19,21,29-30H,3,12H2,1-2H3,(H2,26,31)(H,28,33). The third-order valence-electron chi connectivity index (χ3n) is 7.35. The van der Waals surface area contributed by atoms with Gasteiger partial charge in [0.25, 0.3) is 5.91 Å². The fourth-order valence-electron chi connectivity index (χ4n) is 5.81. The predicted molar refractivity (Wildman–Crippen MR) is 129 cm³/mol. The molecule has 1 aromatic carbocycles. The van der Waals surface area contributed by atoms with Crippen LogP contribution in [-0.4, -0.2) is 44.0 Å². The molecular formula is C24H30ClN7O. The predicted octanol–water partition coefficient (Wildman–Crippen LogP) is 2.71. The van der Waals surface area contributed by atoms with Gasteiger partial charge in [0.05, 0.1) is 0 Å². The molecule has 3 heterocycles. The summed E-state index contributed by atoms with van der Waals surface area (Å²) in [6.45, 7) is 4.24. The maximum absolute atomic E-state index is 13.3. The van der Waals surface area contributed by atoms with Crippen LogP contribution in [0.2, 0.25) is 0 Å². The molecule has 0 spiro atoms. The summed E-state index contributed by atoms with van der Waals surface area (Å²) in [6, 6.07) is 12.7. The van der Waals surface area contributed by atoms with E-state index in [9.17, 15) is 4.79 Å². The van der Waals surface area contributed by atoms with Gasteiger partial charge in [-0.15, -0.1) is 16.7 Å². The minimum atomic E-state index is -0.266. The Morgan fingerprint density at radius 3 is 2.85 bits per heavy atom. The van der Waals surface area contributed by atoms with Crippen LogP contribution in [0, 0.1) is 11.8 Å². The third-order valence-corrected chi connectivity index (χ3v) is 7.82. The number of halogens is 1. The number of nitrogen functional groups attached to an aromatic ring is 1. The Morgan fingerprint density at radius 2 is 2.09 bits per heavy atom. The van der Waals surface area contributed by atoms with Gasteiger partial charge in [-0.2, -0.15) is 0 Å². The number of hydrogen-bond donors (Lipinski definition) is 4. The van der Waals surface area contributed by atoms with Gasteiger partial charge in [-0.1, -0.05) is 37.3 Å². The summed E-state index contributed by atoms with van der Waals surface area (Å²) in [5.74, 6) is 0.563. The summed E-state index contributed by atoms with van der Waals surface area (Å²) in [6.07, 6.45) is 5.18. The number of amides is 1. The molecular weight excluding hydrogens is 438 g/mol. The number of benzene rings is 1. The lowest BCUT2D eigenvalue weighted by atomic mass is 9.64. The van der Waals surface area contributed by atoms with Gasteiger partial charge in [0.2, 0.25) is 0 Å². The molecule has 8 nitrogen and oxygen atoms in total. The molecule has 174 valence electrons. The lowest BCUT2D eigenvalue weighted by Gasteiger charge is -2.45. The second kappa shape index (κ2) is 8.93. The first-order valence-electron chi connectivity index (χ1n) is 11.6. The van der Waals surface area contributed by atoms with Gasteiger partial charge in [0.15, 0.2) is 11.5 Å². The van der Waals surface area contributed by atoms with Gasteiger partial charge >= 0.3 is 0 Å². The first kappa shape index (κ1) is 22.1. The van der Waals surface area contributed by atoms with Crippen LogP contribution in [0.4, 0.5) is 5.82 Å². The maximum Gasteiger partial charge on any atom is 0.259 e. The topological polar surface area (TPSA) is 109 Å². The molecule has 3 aromatic rings. The van der Waals surface area contributed by atoms with Crippen molar-refractivity contribution in [1.82, 2.24) is 30.8 Å². The third kappa shape index (κ3) is 3.86. The number of nitrogens with two attached hydrogens (primary N) is 1. The number of carbonyl (C=O) groups is 1. The van der Waals surface area contributed by atoms with E-state index < -0.39 is 0 Å². The molecule has 33 heavy (non-hydrogen) atoms. The SMILES string of the molecule is CCC1NNC2C(c3ccccc3)C(C(C)NC(=O)c3c(N)nn4cccnc34)CC(Cl)C12. The zero-order chi connectivity index (χ0) is 23.1. The van der Waals surface area contributed by atoms with Crippen molar-refractivity contribution in [2.75, 3.05) is 5.73 Å². The Bertz CT molecular complexity index is 1140. The summed E-state index contributed by atoms with van der Waals surface area (Å²) in [5, 5.41) is 7.42. The van der Waals surface area contributed by atoms with Crippen molar-refractivity contribution in [1.29, 1.82) is 0 Å². The fourth-order valence-corrected chi connectivity index (χ4v) is 6.35. The zero-order valence-electron chi connectivity index (χ0n) is 18.8. The molecule has 5 rings (SSSR count). The van der Waals surface area contributed by atoms with Crippen molar-refractivity contribution in [2.45, 2.75) is 56.1 Å². The zero-order valence-corrected chi connectivity index (χ0v) is 19.5. The largest absolute Gasteiger partial charge is 0.381 e. The second-order valence-corrected chi connectivity index (χ2v) is 9.73. The average molecular weight is 468 g/mol. The average Bonchev–Trinajstić information content (AvgIpc) is 3.40. The summed E-state index contributed by atoms with van der Waals surface area (Å²) < 4.78 is 1.53. The molecule has 0 radical (unpaired) electrons. The molecule has 7 unspecified atom stereocenters. The maximum atomic E-state index is 13.3. The van der Waals surface area contributed by atoms with Crippen LogP contribution in [0.5, 0.6) is 0 Å². The highest BCUT2D eigenvalue weighted by molar-refractivity contribution is 6.21. The normalized spacial score (nSPS) is 30.2. The highest BCUT2D eigenvalue weighted by atomic mass is 35.5. The van der Waals surface area contributed by atoms with Gasteiger partial charge in [-0.25, -0.2) is 9.50 Å². The molecule has 2 aromatic heterocycles. The van der Waals surface area contributed by atoms with Crippen LogP contribution in [-0.2, 0) is 0 Å². The number of nitrogens with zero attached hydrogens (tertiary/aromatic N) is 3. The molecule has 1 aliphatic carbocycles. The summed E-state index contributed by atoms with van der Waals surface area (Å²) in [7, 11) is 0. The van der Waals surface area contributed by atoms with Crippen LogP contribution in [0.15, 0.2) is 48.8 Å². The van der Waals surface area contributed by atoms with E-state index in [2.05, 4.69) is 64.4 Å². The van der Waals surface area contributed by atoms with E-state index in [1.54, 1.807) is 18.5 Å². The van der Waals surface area contributed by atoms with Crippen LogP contribution < -0.4 is 21.9 Å². The van der Waals surface area contributed by atoms with Gasteiger partial charge in [-0.3, -0.25) is 15.6 Å².